The van der Waals surface area contributed by atoms with Gasteiger partial charge in [-0.05, 0) is 22.9 Å². The second kappa shape index (κ2) is 4.31. The molecule has 0 unspecified atom stereocenters. The van der Waals surface area contributed by atoms with Crippen molar-refractivity contribution >= 4 is 10.8 Å². The maximum Gasteiger partial charge on any atom is 0.0573 e. The second-order valence-electron chi connectivity index (χ2n) is 4.13. The summed E-state index contributed by atoms with van der Waals surface area (Å²) >= 11 is 0. The van der Waals surface area contributed by atoms with Crippen LogP contribution in [0.4, 0.5) is 0 Å². The molecule has 0 radical (unpaired) electrons. The summed E-state index contributed by atoms with van der Waals surface area (Å²) in [5.41, 5.74) is 1.08. The molecule has 0 heteroatoms. The molecular weight excluding hydrogens is 204 g/mol. The molecule has 17 heavy (non-hydrogen) atoms. The summed E-state index contributed by atoms with van der Waals surface area (Å²) in [4.78, 5) is 0. The summed E-state index contributed by atoms with van der Waals surface area (Å²) < 4.78 is 0. The molecule has 0 spiro atoms. The van der Waals surface area contributed by atoms with Crippen LogP contribution in [0, 0.1) is 17.8 Å². The average Bonchev–Trinajstić information content (AvgIpc) is 2.89. The Morgan fingerprint density at radius 3 is 2.41 bits per heavy atom. The van der Waals surface area contributed by atoms with Crippen LogP contribution in [-0.4, -0.2) is 0 Å². The van der Waals surface area contributed by atoms with Crippen molar-refractivity contribution in [1.82, 2.24) is 0 Å². The van der Waals surface area contributed by atoms with Crippen molar-refractivity contribution in [3.8, 4) is 11.8 Å². The van der Waals surface area contributed by atoms with Crippen molar-refractivity contribution in [2.24, 2.45) is 5.92 Å². The van der Waals surface area contributed by atoms with Crippen LogP contribution in [0.1, 0.15) is 5.56 Å². The van der Waals surface area contributed by atoms with Gasteiger partial charge in [0.1, 0.15) is 0 Å². The Labute approximate surface area is 101 Å². The van der Waals surface area contributed by atoms with Crippen molar-refractivity contribution in [3.63, 3.8) is 0 Å². The molecule has 0 saturated carbocycles. The Hall–Kier alpha value is -2.26. The topological polar surface area (TPSA) is 0 Å². The van der Waals surface area contributed by atoms with Crippen molar-refractivity contribution in [2.45, 2.75) is 0 Å². The first-order chi connectivity index (χ1) is 8.42. The Kier molecular flexibility index (Phi) is 2.52. The highest BCUT2D eigenvalue weighted by Crippen LogP contribution is 2.15. The lowest BCUT2D eigenvalue weighted by molar-refractivity contribution is 1.15. The van der Waals surface area contributed by atoms with E-state index in [0.717, 1.165) is 5.56 Å². The molecule has 3 rings (SSSR count). The smallest absolute Gasteiger partial charge is 0.0573 e. The van der Waals surface area contributed by atoms with E-state index >= 15 is 0 Å². The number of rotatable bonds is 0. The molecule has 0 saturated heterocycles. The molecule has 0 atom stereocenters. The summed E-state index contributed by atoms with van der Waals surface area (Å²) in [5.74, 6) is 6.74. The van der Waals surface area contributed by atoms with Crippen LogP contribution >= 0.6 is 0 Å². The van der Waals surface area contributed by atoms with Gasteiger partial charge in [-0.3, -0.25) is 0 Å². The molecule has 0 aliphatic heterocycles. The van der Waals surface area contributed by atoms with Gasteiger partial charge in [0.25, 0.3) is 0 Å². The monoisotopic (exact) mass is 216 g/mol. The molecular formula is C17H12. The zero-order valence-electron chi connectivity index (χ0n) is 9.43. The number of allylic oxidation sites excluding steroid dienone is 4. The maximum absolute atomic E-state index is 3.24. The normalized spacial score (nSPS) is 13.9. The first-order valence-corrected chi connectivity index (χ1v) is 5.77. The molecule has 0 fully saturated rings. The van der Waals surface area contributed by atoms with Gasteiger partial charge in [0.2, 0.25) is 0 Å². The fourth-order valence-corrected chi connectivity index (χ4v) is 1.96. The molecule has 1 aliphatic carbocycles. The van der Waals surface area contributed by atoms with E-state index in [9.17, 15) is 0 Å². The molecule has 0 bridgehead atoms. The zero-order chi connectivity index (χ0) is 11.5. The fourth-order valence-electron chi connectivity index (χ4n) is 1.96. The first kappa shape index (κ1) is 9.93. The first-order valence-electron chi connectivity index (χ1n) is 5.77. The van der Waals surface area contributed by atoms with E-state index in [1.54, 1.807) is 0 Å². The van der Waals surface area contributed by atoms with Gasteiger partial charge in [0.15, 0.2) is 0 Å². The molecule has 0 amide bonds. The van der Waals surface area contributed by atoms with Crippen LogP contribution in [0.3, 0.4) is 0 Å². The predicted octanol–water partition coefficient (Wildman–Crippen LogP) is 3.93. The maximum atomic E-state index is 3.24. The van der Waals surface area contributed by atoms with Gasteiger partial charge in [-0.1, -0.05) is 66.5 Å². The van der Waals surface area contributed by atoms with Crippen molar-refractivity contribution in [2.75, 3.05) is 0 Å². The molecule has 2 aromatic rings. The van der Waals surface area contributed by atoms with Gasteiger partial charge in [-0.2, -0.15) is 0 Å². The van der Waals surface area contributed by atoms with Gasteiger partial charge in [0, 0.05) is 5.56 Å². The minimum Gasteiger partial charge on any atom is -0.0861 e. The summed E-state index contributed by atoms with van der Waals surface area (Å²) in [7, 11) is 0. The van der Waals surface area contributed by atoms with Crippen molar-refractivity contribution in [1.29, 1.82) is 0 Å². The lowest BCUT2D eigenvalue weighted by Crippen LogP contribution is -1.82. The van der Waals surface area contributed by atoms with E-state index in [1.807, 2.05) is 12.2 Å². The van der Waals surface area contributed by atoms with Gasteiger partial charge in [0.05, 0.1) is 5.92 Å². The standard InChI is InChI=1S/C17H12/c1-2-6-14(5-1)9-10-15-11-12-16-7-3-4-8-17(16)13-15/h1-8,11-14H. The van der Waals surface area contributed by atoms with E-state index in [-0.39, 0.29) is 5.92 Å². The van der Waals surface area contributed by atoms with Gasteiger partial charge < -0.3 is 0 Å². The highest BCUT2D eigenvalue weighted by Gasteiger charge is 1.97. The Morgan fingerprint density at radius 2 is 1.59 bits per heavy atom. The van der Waals surface area contributed by atoms with Crippen LogP contribution in [-0.2, 0) is 0 Å². The van der Waals surface area contributed by atoms with Gasteiger partial charge >= 0.3 is 0 Å². The summed E-state index contributed by atoms with van der Waals surface area (Å²) in [6, 6.07) is 14.7. The third-order valence-electron chi connectivity index (χ3n) is 2.88. The van der Waals surface area contributed by atoms with Crippen molar-refractivity contribution < 1.29 is 0 Å². The summed E-state index contributed by atoms with van der Waals surface area (Å²) in [6.07, 6.45) is 8.29. The largest absolute Gasteiger partial charge is 0.0861 e. The minimum atomic E-state index is 0.279. The summed E-state index contributed by atoms with van der Waals surface area (Å²) in [5, 5.41) is 2.51. The fraction of sp³-hybridized carbons (Fsp3) is 0.0588. The van der Waals surface area contributed by atoms with Crippen LogP contribution in [0.15, 0.2) is 66.8 Å². The minimum absolute atomic E-state index is 0.279. The molecule has 0 aromatic heterocycles. The van der Waals surface area contributed by atoms with E-state index in [0.29, 0.717) is 0 Å². The zero-order valence-corrected chi connectivity index (χ0v) is 9.43. The van der Waals surface area contributed by atoms with E-state index < -0.39 is 0 Å². The number of benzene rings is 2. The molecule has 1 aliphatic rings. The Balaban J connectivity index is 1.95. The number of hydrogen-bond acceptors (Lipinski definition) is 0. The number of fused-ring (bicyclic) bond motifs is 1. The molecule has 2 aromatic carbocycles. The average molecular weight is 216 g/mol. The summed E-state index contributed by atoms with van der Waals surface area (Å²) in [6.45, 7) is 0. The predicted molar refractivity (Wildman–Crippen MR) is 72.6 cm³/mol. The van der Waals surface area contributed by atoms with Gasteiger partial charge in [-0.15, -0.1) is 0 Å². The van der Waals surface area contributed by atoms with E-state index in [1.165, 1.54) is 10.8 Å². The molecule has 0 N–H and O–H groups in total. The van der Waals surface area contributed by atoms with E-state index in [4.69, 9.17) is 0 Å². The highest BCUT2D eigenvalue weighted by atomic mass is 14.0. The van der Waals surface area contributed by atoms with Crippen LogP contribution in [0.2, 0.25) is 0 Å². The SMILES string of the molecule is C(#CC1C=CC=C1)c1ccc2ccccc2c1. The van der Waals surface area contributed by atoms with Crippen molar-refractivity contribution in [3.05, 3.63) is 72.3 Å². The molecule has 80 valence electrons. The Bertz CT molecular complexity index is 651. The molecule has 0 heterocycles. The second-order valence-corrected chi connectivity index (χ2v) is 4.13. The lowest BCUT2D eigenvalue weighted by atomic mass is 10.1. The molecule has 0 nitrogen and oxygen atoms in total. The van der Waals surface area contributed by atoms with Crippen LogP contribution < -0.4 is 0 Å². The third-order valence-corrected chi connectivity index (χ3v) is 2.88. The third kappa shape index (κ3) is 2.14. The van der Waals surface area contributed by atoms with Crippen LogP contribution in [0.5, 0.6) is 0 Å². The van der Waals surface area contributed by atoms with Gasteiger partial charge in [-0.25, -0.2) is 0 Å². The van der Waals surface area contributed by atoms with E-state index in [2.05, 4.69) is 66.5 Å². The van der Waals surface area contributed by atoms with Crippen LogP contribution in [0.25, 0.3) is 10.8 Å². The quantitative estimate of drug-likeness (QED) is 0.585. The Morgan fingerprint density at radius 1 is 0.824 bits per heavy atom. The lowest BCUT2D eigenvalue weighted by Gasteiger charge is -1.97. The number of hydrogen-bond donors (Lipinski definition) is 0. The highest BCUT2D eigenvalue weighted by molar-refractivity contribution is 5.83.